The highest BCUT2D eigenvalue weighted by molar-refractivity contribution is 9.10. The van der Waals surface area contributed by atoms with Gasteiger partial charge in [0.25, 0.3) is 5.91 Å². The second-order valence-corrected chi connectivity index (χ2v) is 11.4. The first kappa shape index (κ1) is 27.6. The average Bonchev–Trinajstić information content (AvgIpc) is 3.10. The zero-order chi connectivity index (χ0) is 26.0. The molecule has 0 saturated carbocycles. The van der Waals surface area contributed by atoms with Gasteiger partial charge in [0.15, 0.2) is 10.9 Å². The van der Waals surface area contributed by atoms with Gasteiger partial charge in [-0.2, -0.15) is 0 Å². The minimum absolute atomic E-state index is 0.158. The van der Waals surface area contributed by atoms with E-state index in [1.165, 1.54) is 11.8 Å². The van der Waals surface area contributed by atoms with Gasteiger partial charge in [-0.25, -0.2) is 4.99 Å². The first-order valence-corrected chi connectivity index (χ1v) is 14.0. The standard InChI is InChI=1S/C25H16BrCl5N2O2S/c1-2-33-24(34)22(36-25(33)32-16-5-6-17(26)19(29)11-16)9-13-7-20(30)23(21(31)8-13)35-12-14-3-4-15(27)10-18(14)28/h3-11H,2,12H2,1H3/b22-9-,32-25?. The van der Waals surface area contributed by atoms with E-state index in [2.05, 4.69) is 20.9 Å². The number of hydrogen-bond acceptors (Lipinski definition) is 4. The van der Waals surface area contributed by atoms with E-state index in [0.717, 1.165) is 10.0 Å². The monoisotopic (exact) mass is 662 g/mol. The fourth-order valence-electron chi connectivity index (χ4n) is 3.28. The Bertz CT molecular complexity index is 1390. The highest BCUT2D eigenvalue weighted by Crippen LogP contribution is 2.39. The lowest BCUT2D eigenvalue weighted by Gasteiger charge is -2.12. The molecule has 1 saturated heterocycles. The van der Waals surface area contributed by atoms with Crippen LogP contribution in [0.1, 0.15) is 18.1 Å². The Balaban J connectivity index is 1.56. The first-order valence-electron chi connectivity index (χ1n) is 10.5. The van der Waals surface area contributed by atoms with Gasteiger partial charge in [0.1, 0.15) is 6.61 Å². The summed E-state index contributed by atoms with van der Waals surface area (Å²) in [4.78, 5) is 19.7. The predicted octanol–water partition coefficient (Wildman–Crippen LogP) is 9.92. The molecule has 4 rings (SSSR count). The minimum atomic E-state index is -0.158. The summed E-state index contributed by atoms with van der Waals surface area (Å²) in [7, 11) is 0. The van der Waals surface area contributed by atoms with Gasteiger partial charge in [-0.15, -0.1) is 0 Å². The Morgan fingerprint density at radius 1 is 0.972 bits per heavy atom. The summed E-state index contributed by atoms with van der Waals surface area (Å²) in [6, 6.07) is 13.9. The van der Waals surface area contributed by atoms with Crippen molar-refractivity contribution in [3.05, 3.63) is 94.1 Å². The van der Waals surface area contributed by atoms with Crippen molar-refractivity contribution >= 4 is 109 Å². The number of benzene rings is 3. The number of carbonyl (C=O) groups is 1. The third-order valence-electron chi connectivity index (χ3n) is 5.04. The van der Waals surface area contributed by atoms with E-state index in [1.54, 1.807) is 47.4 Å². The van der Waals surface area contributed by atoms with Crippen molar-refractivity contribution in [2.24, 2.45) is 4.99 Å². The first-order chi connectivity index (χ1) is 17.2. The summed E-state index contributed by atoms with van der Waals surface area (Å²) in [5.74, 6) is 0.163. The molecule has 36 heavy (non-hydrogen) atoms. The lowest BCUT2D eigenvalue weighted by molar-refractivity contribution is -0.122. The van der Waals surface area contributed by atoms with Crippen LogP contribution in [0.4, 0.5) is 5.69 Å². The summed E-state index contributed by atoms with van der Waals surface area (Å²) in [6.07, 6.45) is 1.73. The number of ether oxygens (including phenoxy) is 1. The van der Waals surface area contributed by atoms with Crippen LogP contribution >= 0.6 is 85.7 Å². The van der Waals surface area contributed by atoms with E-state index < -0.39 is 0 Å². The zero-order valence-corrected chi connectivity index (χ0v) is 24.7. The molecule has 11 heteroatoms. The molecule has 0 aromatic heterocycles. The van der Waals surface area contributed by atoms with Gasteiger partial charge >= 0.3 is 0 Å². The van der Waals surface area contributed by atoms with Crippen molar-refractivity contribution in [2.75, 3.05) is 6.54 Å². The van der Waals surface area contributed by atoms with Crippen molar-refractivity contribution in [1.29, 1.82) is 0 Å². The maximum absolute atomic E-state index is 13.0. The van der Waals surface area contributed by atoms with Crippen LogP contribution in [0.15, 0.2) is 62.9 Å². The Labute approximate surface area is 246 Å². The summed E-state index contributed by atoms with van der Waals surface area (Å²) in [5.41, 5.74) is 2.04. The Morgan fingerprint density at radius 3 is 2.33 bits per heavy atom. The van der Waals surface area contributed by atoms with Crippen LogP contribution in [0.3, 0.4) is 0 Å². The molecule has 3 aromatic carbocycles. The second-order valence-electron chi connectivity index (χ2n) is 7.49. The molecule has 1 aliphatic rings. The zero-order valence-electron chi connectivity index (χ0n) is 18.5. The van der Waals surface area contributed by atoms with Crippen LogP contribution in [0.2, 0.25) is 25.1 Å². The van der Waals surface area contributed by atoms with E-state index in [1.807, 2.05) is 19.1 Å². The lowest BCUT2D eigenvalue weighted by atomic mass is 10.2. The molecular weight excluding hydrogens is 650 g/mol. The number of rotatable bonds is 6. The van der Waals surface area contributed by atoms with E-state index in [4.69, 9.17) is 62.7 Å². The molecule has 1 fully saturated rings. The molecular formula is C25H16BrCl5N2O2S. The van der Waals surface area contributed by atoms with Gasteiger partial charge in [0.2, 0.25) is 0 Å². The number of thioether (sulfide) groups is 1. The quantitative estimate of drug-likeness (QED) is 0.246. The van der Waals surface area contributed by atoms with E-state index in [-0.39, 0.29) is 12.5 Å². The van der Waals surface area contributed by atoms with Gasteiger partial charge in [0.05, 0.1) is 25.7 Å². The van der Waals surface area contributed by atoms with Crippen LogP contribution in [0.5, 0.6) is 5.75 Å². The largest absolute Gasteiger partial charge is 0.486 e. The topological polar surface area (TPSA) is 41.9 Å². The van der Waals surface area contributed by atoms with Crippen LogP contribution in [0, 0.1) is 0 Å². The molecule has 0 radical (unpaired) electrons. The molecule has 3 aromatic rings. The molecule has 0 bridgehead atoms. The van der Waals surface area contributed by atoms with Gasteiger partial charge in [-0.1, -0.05) is 64.1 Å². The molecule has 1 aliphatic heterocycles. The molecule has 186 valence electrons. The van der Waals surface area contributed by atoms with E-state index in [0.29, 0.717) is 58.7 Å². The second kappa shape index (κ2) is 12.0. The smallest absolute Gasteiger partial charge is 0.266 e. The maximum Gasteiger partial charge on any atom is 0.266 e. The Kier molecular flexibility index (Phi) is 9.21. The van der Waals surface area contributed by atoms with Crippen LogP contribution in [-0.4, -0.2) is 22.5 Å². The highest BCUT2D eigenvalue weighted by Gasteiger charge is 2.32. The van der Waals surface area contributed by atoms with Crippen molar-refractivity contribution < 1.29 is 9.53 Å². The van der Waals surface area contributed by atoms with Gasteiger partial charge in [-0.3, -0.25) is 9.69 Å². The van der Waals surface area contributed by atoms with E-state index >= 15 is 0 Å². The Hall–Kier alpha value is -1.38. The van der Waals surface area contributed by atoms with Gasteiger partial charge < -0.3 is 4.74 Å². The molecule has 0 aliphatic carbocycles. The Morgan fingerprint density at radius 2 is 1.69 bits per heavy atom. The third kappa shape index (κ3) is 6.36. The number of halogens is 6. The minimum Gasteiger partial charge on any atom is -0.486 e. The molecule has 1 amide bonds. The molecule has 0 N–H and O–H groups in total. The lowest BCUT2D eigenvalue weighted by Crippen LogP contribution is -2.28. The average molecular weight is 666 g/mol. The molecule has 0 spiro atoms. The fraction of sp³-hybridized carbons (Fsp3) is 0.120. The number of amidine groups is 1. The number of hydrogen-bond donors (Lipinski definition) is 0. The van der Waals surface area contributed by atoms with Crippen LogP contribution < -0.4 is 4.74 Å². The number of amides is 1. The van der Waals surface area contributed by atoms with Crippen molar-refractivity contribution in [3.8, 4) is 5.75 Å². The summed E-state index contributed by atoms with van der Waals surface area (Å²) in [5, 5.41) is 2.73. The van der Waals surface area contributed by atoms with Gasteiger partial charge in [-0.05, 0) is 88.7 Å². The number of nitrogens with zero attached hydrogens (tertiary/aromatic N) is 2. The number of carbonyl (C=O) groups excluding carboxylic acids is 1. The third-order valence-corrected chi connectivity index (χ3v) is 8.43. The SMILES string of the molecule is CCN1C(=O)/C(=C/c2cc(Cl)c(OCc3ccc(Cl)cc3Cl)c(Cl)c2)SC1=Nc1ccc(Br)c(Cl)c1. The molecule has 0 unspecified atom stereocenters. The van der Waals surface area contributed by atoms with Crippen molar-refractivity contribution in [3.63, 3.8) is 0 Å². The maximum atomic E-state index is 13.0. The fourth-order valence-corrected chi connectivity index (χ4v) is 5.84. The number of aliphatic imine (C=N–C) groups is 1. The normalized spacial score (nSPS) is 15.9. The van der Waals surface area contributed by atoms with E-state index in [9.17, 15) is 4.79 Å². The summed E-state index contributed by atoms with van der Waals surface area (Å²) in [6.45, 7) is 2.52. The summed E-state index contributed by atoms with van der Waals surface area (Å²) < 4.78 is 6.60. The van der Waals surface area contributed by atoms with Crippen molar-refractivity contribution in [1.82, 2.24) is 4.90 Å². The van der Waals surface area contributed by atoms with Crippen LogP contribution in [0.25, 0.3) is 6.08 Å². The predicted molar refractivity (Wildman–Crippen MR) is 156 cm³/mol. The van der Waals surface area contributed by atoms with Gasteiger partial charge in [0, 0.05) is 26.6 Å². The molecule has 0 atom stereocenters. The molecule has 4 nitrogen and oxygen atoms in total. The van der Waals surface area contributed by atoms with Crippen LogP contribution in [-0.2, 0) is 11.4 Å². The summed E-state index contributed by atoms with van der Waals surface area (Å²) >= 11 is 35.9. The molecule has 1 heterocycles. The van der Waals surface area contributed by atoms with Crippen molar-refractivity contribution in [2.45, 2.75) is 13.5 Å². The highest BCUT2D eigenvalue weighted by atomic mass is 79.9. The number of likely N-dealkylation sites (N-methyl/N-ethyl adjacent to an activating group) is 1.